The minimum atomic E-state index is -0.232. The van der Waals surface area contributed by atoms with Crippen LogP contribution in [0.2, 0.25) is 0 Å². The predicted molar refractivity (Wildman–Crippen MR) is 128 cm³/mol. The van der Waals surface area contributed by atoms with Gasteiger partial charge in [0.2, 0.25) is 0 Å². The summed E-state index contributed by atoms with van der Waals surface area (Å²) in [5.74, 6) is 2.87. The number of hydrogen-bond donors (Lipinski definition) is 2. The van der Waals surface area contributed by atoms with Crippen LogP contribution in [-0.4, -0.2) is 29.2 Å². The molecule has 0 saturated heterocycles. The van der Waals surface area contributed by atoms with Gasteiger partial charge < -0.3 is 20.5 Å². The molecule has 4 aromatic rings. The minimum Gasteiger partial charge on any atom is -0.493 e. The van der Waals surface area contributed by atoms with E-state index in [1.807, 2.05) is 61.7 Å². The van der Waals surface area contributed by atoms with E-state index in [2.05, 4.69) is 15.3 Å². The van der Waals surface area contributed by atoms with E-state index in [9.17, 15) is 0 Å². The van der Waals surface area contributed by atoms with E-state index < -0.39 is 0 Å². The molecule has 32 heavy (non-hydrogen) atoms. The van der Waals surface area contributed by atoms with E-state index in [1.54, 1.807) is 31.8 Å². The Hall–Kier alpha value is -3.49. The van der Waals surface area contributed by atoms with Gasteiger partial charge in [0, 0.05) is 12.4 Å². The van der Waals surface area contributed by atoms with Crippen LogP contribution in [0.15, 0.2) is 60.9 Å². The Bertz CT molecular complexity index is 1210. The van der Waals surface area contributed by atoms with Gasteiger partial charge in [-0.25, -0.2) is 15.0 Å². The molecule has 0 amide bonds. The fourth-order valence-corrected chi connectivity index (χ4v) is 4.19. The first-order chi connectivity index (χ1) is 15.6. The summed E-state index contributed by atoms with van der Waals surface area (Å²) in [5.41, 5.74) is 9.49. The molecule has 1 unspecified atom stereocenters. The largest absolute Gasteiger partial charge is 0.493 e. The summed E-state index contributed by atoms with van der Waals surface area (Å²) in [5, 5.41) is 4.11. The Morgan fingerprint density at radius 1 is 1.00 bits per heavy atom. The van der Waals surface area contributed by atoms with Gasteiger partial charge in [-0.3, -0.25) is 0 Å². The average molecular weight is 448 g/mol. The molecule has 0 fully saturated rings. The molecular weight excluding hydrogens is 422 g/mol. The summed E-state index contributed by atoms with van der Waals surface area (Å²) in [6.45, 7) is 2.03. The van der Waals surface area contributed by atoms with Crippen molar-refractivity contribution >= 4 is 23.0 Å². The van der Waals surface area contributed by atoms with Crippen LogP contribution in [0.3, 0.4) is 0 Å². The van der Waals surface area contributed by atoms with Crippen molar-refractivity contribution in [1.82, 2.24) is 15.0 Å². The van der Waals surface area contributed by atoms with Gasteiger partial charge in [-0.2, -0.15) is 0 Å². The Morgan fingerprint density at radius 2 is 1.84 bits per heavy atom. The number of rotatable bonds is 8. The number of anilines is 2. The van der Waals surface area contributed by atoms with E-state index in [0.29, 0.717) is 17.9 Å². The second kappa shape index (κ2) is 9.76. The SMILES string of the molecule is COc1ccc(CC(N)c2ncc(-c3cccc(Nc4cc(C)ccn4)n3)s2)cc1OC. The maximum absolute atomic E-state index is 6.46. The van der Waals surface area contributed by atoms with Gasteiger partial charge in [0.25, 0.3) is 0 Å². The zero-order valence-electron chi connectivity index (χ0n) is 18.2. The smallest absolute Gasteiger partial charge is 0.160 e. The van der Waals surface area contributed by atoms with Crippen molar-refractivity contribution in [3.8, 4) is 22.1 Å². The Labute approximate surface area is 191 Å². The van der Waals surface area contributed by atoms with Crippen molar-refractivity contribution in [2.45, 2.75) is 19.4 Å². The lowest BCUT2D eigenvalue weighted by Crippen LogP contribution is -2.13. The number of nitrogens with zero attached hydrogens (tertiary/aromatic N) is 3. The van der Waals surface area contributed by atoms with Crippen LogP contribution in [0.25, 0.3) is 10.6 Å². The summed E-state index contributed by atoms with van der Waals surface area (Å²) in [6, 6.07) is 15.4. The summed E-state index contributed by atoms with van der Waals surface area (Å²) >= 11 is 1.55. The molecule has 0 aliphatic rings. The Kier molecular flexibility index (Phi) is 6.63. The maximum atomic E-state index is 6.46. The number of hydrogen-bond acceptors (Lipinski definition) is 8. The van der Waals surface area contributed by atoms with Gasteiger partial charge in [0.05, 0.1) is 30.8 Å². The van der Waals surface area contributed by atoms with Crippen molar-refractivity contribution in [2.75, 3.05) is 19.5 Å². The highest BCUT2D eigenvalue weighted by molar-refractivity contribution is 7.15. The van der Waals surface area contributed by atoms with Crippen LogP contribution in [0.4, 0.5) is 11.6 Å². The molecule has 0 bridgehead atoms. The molecule has 3 aromatic heterocycles. The zero-order chi connectivity index (χ0) is 22.5. The molecule has 7 nitrogen and oxygen atoms in total. The molecule has 0 radical (unpaired) electrons. The third kappa shape index (κ3) is 5.04. The van der Waals surface area contributed by atoms with Gasteiger partial charge in [0.15, 0.2) is 11.5 Å². The number of ether oxygens (including phenoxy) is 2. The van der Waals surface area contributed by atoms with Crippen molar-refractivity contribution < 1.29 is 9.47 Å². The van der Waals surface area contributed by atoms with E-state index >= 15 is 0 Å². The lowest BCUT2D eigenvalue weighted by Gasteiger charge is -2.12. The predicted octanol–water partition coefficient (Wildman–Crippen LogP) is 4.91. The molecule has 1 atom stereocenters. The van der Waals surface area contributed by atoms with Gasteiger partial charge >= 0.3 is 0 Å². The molecule has 0 saturated carbocycles. The molecule has 1 aromatic carbocycles. The molecule has 4 rings (SSSR count). The van der Waals surface area contributed by atoms with E-state index in [1.165, 1.54) is 0 Å². The Morgan fingerprint density at radius 3 is 2.62 bits per heavy atom. The van der Waals surface area contributed by atoms with Crippen molar-refractivity contribution in [3.63, 3.8) is 0 Å². The quantitative estimate of drug-likeness (QED) is 0.396. The first kappa shape index (κ1) is 21.7. The molecule has 0 aliphatic carbocycles. The van der Waals surface area contributed by atoms with Crippen LogP contribution < -0.4 is 20.5 Å². The number of benzene rings is 1. The second-order valence-electron chi connectivity index (χ2n) is 7.31. The molecule has 8 heteroatoms. The van der Waals surface area contributed by atoms with Gasteiger partial charge in [0.1, 0.15) is 16.6 Å². The number of nitrogens with two attached hydrogens (primary N) is 1. The number of pyridine rings is 2. The molecule has 164 valence electrons. The monoisotopic (exact) mass is 447 g/mol. The lowest BCUT2D eigenvalue weighted by atomic mass is 10.1. The van der Waals surface area contributed by atoms with Crippen LogP contribution in [0, 0.1) is 6.92 Å². The average Bonchev–Trinajstić information content (AvgIpc) is 3.30. The van der Waals surface area contributed by atoms with Gasteiger partial charge in [-0.1, -0.05) is 12.1 Å². The second-order valence-corrected chi connectivity index (χ2v) is 8.38. The number of nitrogens with one attached hydrogen (secondary N) is 1. The molecule has 3 heterocycles. The summed E-state index contributed by atoms with van der Waals surface area (Å²) in [7, 11) is 3.25. The van der Waals surface area contributed by atoms with E-state index in [4.69, 9.17) is 20.2 Å². The van der Waals surface area contributed by atoms with Crippen molar-refractivity contribution in [1.29, 1.82) is 0 Å². The van der Waals surface area contributed by atoms with Crippen LogP contribution in [0.5, 0.6) is 11.5 Å². The molecule has 0 spiro atoms. The first-order valence-corrected chi connectivity index (χ1v) is 11.0. The number of aryl methyl sites for hydroxylation is 1. The lowest BCUT2D eigenvalue weighted by molar-refractivity contribution is 0.354. The highest BCUT2D eigenvalue weighted by atomic mass is 32.1. The standard InChI is InChI=1S/C24H25N5O2S/c1-15-9-10-26-23(11-15)29-22-6-4-5-18(28-22)21-14-27-24(32-21)17(25)12-16-7-8-19(30-2)20(13-16)31-3/h4-11,13-14,17H,12,25H2,1-3H3,(H,26,28,29). The highest BCUT2D eigenvalue weighted by Gasteiger charge is 2.15. The third-order valence-corrected chi connectivity index (χ3v) is 6.07. The number of methoxy groups -OCH3 is 2. The van der Waals surface area contributed by atoms with Crippen molar-refractivity contribution in [3.05, 3.63) is 77.1 Å². The number of thiazole rings is 1. The van der Waals surface area contributed by atoms with E-state index in [-0.39, 0.29) is 6.04 Å². The fraction of sp³-hybridized carbons (Fsp3) is 0.208. The molecule has 3 N–H and O–H groups in total. The summed E-state index contributed by atoms with van der Waals surface area (Å²) in [4.78, 5) is 14.6. The summed E-state index contributed by atoms with van der Waals surface area (Å²) in [6.07, 6.45) is 4.24. The van der Waals surface area contributed by atoms with Crippen LogP contribution in [-0.2, 0) is 6.42 Å². The van der Waals surface area contributed by atoms with Crippen LogP contribution >= 0.6 is 11.3 Å². The van der Waals surface area contributed by atoms with Crippen molar-refractivity contribution in [2.24, 2.45) is 5.73 Å². The Balaban J connectivity index is 1.48. The first-order valence-electron chi connectivity index (χ1n) is 10.1. The fourth-order valence-electron chi connectivity index (χ4n) is 3.30. The summed E-state index contributed by atoms with van der Waals surface area (Å²) < 4.78 is 10.7. The van der Waals surface area contributed by atoms with Gasteiger partial charge in [-0.05, 0) is 60.9 Å². The minimum absolute atomic E-state index is 0.232. The molecule has 0 aliphatic heterocycles. The topological polar surface area (TPSA) is 95.2 Å². The molecular formula is C24H25N5O2S. The van der Waals surface area contributed by atoms with Gasteiger partial charge in [-0.15, -0.1) is 11.3 Å². The van der Waals surface area contributed by atoms with Crippen LogP contribution in [0.1, 0.15) is 22.2 Å². The number of aromatic nitrogens is 3. The normalized spacial score (nSPS) is 11.8. The van der Waals surface area contributed by atoms with E-state index in [0.717, 1.165) is 38.3 Å². The highest BCUT2D eigenvalue weighted by Crippen LogP contribution is 2.32. The third-order valence-electron chi connectivity index (χ3n) is 4.92. The maximum Gasteiger partial charge on any atom is 0.160 e. The zero-order valence-corrected chi connectivity index (χ0v) is 19.0.